The molecule has 0 aromatic rings. The van der Waals surface area contributed by atoms with Crippen LogP contribution in [0.25, 0.3) is 0 Å². The van der Waals surface area contributed by atoms with Gasteiger partial charge in [0.05, 0.1) is 32.0 Å². The van der Waals surface area contributed by atoms with Gasteiger partial charge in [-0.25, -0.2) is 0 Å². The number of amides is 1. The third-order valence-corrected chi connectivity index (χ3v) is 8.82. The normalized spacial score (nSPS) is 33.1. The molecule has 2 rings (SSSR count). The molecule has 9 N–H and O–H groups in total. The van der Waals surface area contributed by atoms with E-state index in [2.05, 4.69) is 12.2 Å². The second kappa shape index (κ2) is 22.6. The Balaban J connectivity index is 1.93. The molecule has 12 atom stereocenters. The van der Waals surface area contributed by atoms with Crippen molar-refractivity contribution in [3.63, 3.8) is 0 Å². The maximum Gasteiger partial charge on any atom is 0.220 e. The summed E-state index contributed by atoms with van der Waals surface area (Å²) < 4.78 is 22.3. The van der Waals surface area contributed by atoms with E-state index in [1.54, 1.807) is 0 Å². The molecule has 0 aromatic carbocycles. The van der Waals surface area contributed by atoms with E-state index in [0.717, 1.165) is 32.1 Å². The van der Waals surface area contributed by atoms with Gasteiger partial charge >= 0.3 is 0 Å². The number of nitrogens with one attached hydrogen (secondary N) is 1. The van der Waals surface area contributed by atoms with Gasteiger partial charge in [-0.1, -0.05) is 84.5 Å². The first kappa shape index (κ1) is 41.2. The maximum atomic E-state index is 12.5. The quantitative estimate of drug-likeness (QED) is 0.0654. The number of ether oxygens (including phenoxy) is 4. The topological polar surface area (TPSA) is 228 Å². The summed E-state index contributed by atoms with van der Waals surface area (Å²) >= 11 is 0. The van der Waals surface area contributed by atoms with Crippen molar-refractivity contribution in [3.05, 3.63) is 0 Å². The van der Waals surface area contributed by atoms with Gasteiger partial charge in [-0.2, -0.15) is 0 Å². The van der Waals surface area contributed by atoms with Crippen LogP contribution < -0.4 is 5.32 Å². The molecular formula is C32H61NO13. The van der Waals surface area contributed by atoms with Gasteiger partial charge in [0.15, 0.2) is 12.6 Å². The third kappa shape index (κ3) is 13.1. The van der Waals surface area contributed by atoms with Crippen LogP contribution in [0.3, 0.4) is 0 Å². The van der Waals surface area contributed by atoms with Gasteiger partial charge in [0.25, 0.3) is 0 Å². The molecule has 0 radical (unpaired) electrons. The second-order valence-electron chi connectivity index (χ2n) is 12.7. The van der Waals surface area contributed by atoms with Crippen molar-refractivity contribution in [2.45, 2.75) is 177 Å². The average Bonchev–Trinajstić information content (AvgIpc) is 3.05. The number of hydrogen-bond donors (Lipinski definition) is 9. The molecule has 0 spiro atoms. The zero-order chi connectivity index (χ0) is 34.1. The third-order valence-electron chi connectivity index (χ3n) is 8.82. The van der Waals surface area contributed by atoms with Crippen molar-refractivity contribution in [3.8, 4) is 0 Å². The van der Waals surface area contributed by atoms with E-state index in [9.17, 15) is 45.6 Å². The van der Waals surface area contributed by atoms with Crippen LogP contribution in [-0.2, 0) is 23.7 Å². The van der Waals surface area contributed by atoms with E-state index in [-0.39, 0.29) is 18.9 Å². The average molecular weight is 668 g/mol. The molecule has 0 aliphatic carbocycles. The molecule has 2 aliphatic rings. The Labute approximate surface area is 273 Å². The molecule has 0 aromatic heterocycles. The largest absolute Gasteiger partial charge is 0.394 e. The van der Waals surface area contributed by atoms with Crippen LogP contribution in [0.15, 0.2) is 0 Å². The van der Waals surface area contributed by atoms with Crippen molar-refractivity contribution in [1.82, 2.24) is 5.32 Å². The minimum atomic E-state index is -1.77. The zero-order valence-corrected chi connectivity index (χ0v) is 27.6. The highest BCUT2D eigenvalue weighted by Gasteiger charge is 2.50. The fourth-order valence-corrected chi connectivity index (χ4v) is 5.80. The van der Waals surface area contributed by atoms with Crippen LogP contribution in [-0.4, -0.2) is 140 Å². The Kier molecular flexibility index (Phi) is 20.2. The van der Waals surface area contributed by atoms with Crippen LogP contribution in [0.2, 0.25) is 0 Å². The monoisotopic (exact) mass is 667 g/mol. The van der Waals surface area contributed by atoms with Gasteiger partial charge in [-0.3, -0.25) is 4.79 Å². The van der Waals surface area contributed by atoms with E-state index in [4.69, 9.17) is 18.9 Å². The molecule has 14 nitrogen and oxygen atoms in total. The highest BCUT2D eigenvalue weighted by molar-refractivity contribution is 5.76. The predicted molar refractivity (Wildman–Crippen MR) is 166 cm³/mol. The molecule has 0 bridgehead atoms. The summed E-state index contributed by atoms with van der Waals surface area (Å²) in [6, 6.07) is -0.813. The summed E-state index contributed by atoms with van der Waals surface area (Å²) in [5.74, 6) is -0.246. The number of rotatable bonds is 23. The number of aliphatic hydroxyl groups is 8. The van der Waals surface area contributed by atoms with Crippen LogP contribution in [0.4, 0.5) is 0 Å². The SMILES string of the molecule is CCCCCCCCCCCCC(O)C(COC1OC(CO)C(OC2OC(CO)C(O)C(O)C2O)C(O)C1O)NC(=O)CCCC. The van der Waals surface area contributed by atoms with E-state index in [0.29, 0.717) is 12.8 Å². The molecule has 0 saturated carbocycles. The van der Waals surface area contributed by atoms with Crippen LogP contribution in [0, 0.1) is 0 Å². The Morgan fingerprint density at radius 1 is 0.696 bits per heavy atom. The van der Waals surface area contributed by atoms with Gasteiger partial charge in [-0.05, 0) is 12.8 Å². The minimum absolute atomic E-state index is 0.246. The lowest BCUT2D eigenvalue weighted by atomic mass is 9.97. The molecule has 2 saturated heterocycles. The fraction of sp³-hybridized carbons (Fsp3) is 0.969. The standard InChI is InChI=1S/C32H61NO13/c1-3-5-7-8-9-10-11-12-13-14-15-21(36)20(33-24(37)16-6-4-2)19-43-31-29(42)27(40)30(23(18-35)45-31)46-32-28(41)26(39)25(38)22(17-34)44-32/h20-23,25-32,34-36,38-42H,3-19H2,1-2H3,(H,33,37). The predicted octanol–water partition coefficient (Wildman–Crippen LogP) is -0.0260. The Hall–Kier alpha value is -1.01. The molecule has 2 heterocycles. The van der Waals surface area contributed by atoms with Crippen molar-refractivity contribution in [1.29, 1.82) is 0 Å². The van der Waals surface area contributed by atoms with E-state index in [1.165, 1.54) is 38.5 Å². The summed E-state index contributed by atoms with van der Waals surface area (Å²) in [4.78, 5) is 12.5. The number of hydrogen-bond acceptors (Lipinski definition) is 13. The van der Waals surface area contributed by atoms with E-state index >= 15 is 0 Å². The summed E-state index contributed by atoms with van der Waals surface area (Å²) in [6.07, 6.45) is -2.95. The lowest BCUT2D eigenvalue weighted by Gasteiger charge is -2.46. The Morgan fingerprint density at radius 2 is 1.24 bits per heavy atom. The second-order valence-corrected chi connectivity index (χ2v) is 12.7. The molecule has 12 unspecified atom stereocenters. The zero-order valence-electron chi connectivity index (χ0n) is 27.6. The lowest BCUT2D eigenvalue weighted by molar-refractivity contribution is -0.359. The van der Waals surface area contributed by atoms with E-state index < -0.39 is 86.8 Å². The maximum absolute atomic E-state index is 12.5. The first-order valence-corrected chi connectivity index (χ1v) is 17.3. The van der Waals surface area contributed by atoms with Gasteiger partial charge in [0.2, 0.25) is 5.91 Å². The summed E-state index contributed by atoms with van der Waals surface area (Å²) in [7, 11) is 0. The molecule has 46 heavy (non-hydrogen) atoms. The number of carbonyl (C=O) groups excluding carboxylic acids is 1. The Morgan fingerprint density at radius 3 is 1.83 bits per heavy atom. The molecule has 272 valence electrons. The van der Waals surface area contributed by atoms with Crippen molar-refractivity contribution in [2.75, 3.05) is 19.8 Å². The first-order valence-electron chi connectivity index (χ1n) is 17.3. The highest BCUT2D eigenvalue weighted by Crippen LogP contribution is 2.29. The van der Waals surface area contributed by atoms with Gasteiger partial charge in [0.1, 0.15) is 48.8 Å². The van der Waals surface area contributed by atoms with Crippen LogP contribution in [0.5, 0.6) is 0 Å². The molecule has 2 aliphatic heterocycles. The molecular weight excluding hydrogens is 606 g/mol. The van der Waals surface area contributed by atoms with Crippen molar-refractivity contribution < 1.29 is 64.6 Å². The Bertz CT molecular complexity index is 806. The number of unbranched alkanes of at least 4 members (excludes halogenated alkanes) is 10. The van der Waals surface area contributed by atoms with Gasteiger partial charge in [0, 0.05) is 6.42 Å². The first-order chi connectivity index (χ1) is 22.1. The smallest absolute Gasteiger partial charge is 0.220 e. The van der Waals surface area contributed by atoms with Crippen LogP contribution in [0.1, 0.15) is 104 Å². The fourth-order valence-electron chi connectivity index (χ4n) is 5.80. The highest BCUT2D eigenvalue weighted by atomic mass is 16.7. The summed E-state index contributed by atoms with van der Waals surface area (Å²) in [5.41, 5.74) is 0. The van der Waals surface area contributed by atoms with Crippen molar-refractivity contribution >= 4 is 5.91 Å². The van der Waals surface area contributed by atoms with E-state index in [1.807, 2.05) is 6.92 Å². The molecule has 1 amide bonds. The van der Waals surface area contributed by atoms with Crippen LogP contribution >= 0.6 is 0 Å². The number of aliphatic hydroxyl groups excluding tert-OH is 8. The van der Waals surface area contributed by atoms with Gasteiger partial charge < -0.3 is 65.1 Å². The minimum Gasteiger partial charge on any atom is -0.394 e. The number of carbonyl (C=O) groups is 1. The van der Waals surface area contributed by atoms with Gasteiger partial charge in [-0.15, -0.1) is 0 Å². The summed E-state index contributed by atoms with van der Waals surface area (Å²) in [5, 5.41) is 85.3. The molecule has 14 heteroatoms. The van der Waals surface area contributed by atoms with Crippen molar-refractivity contribution in [2.24, 2.45) is 0 Å². The lowest BCUT2D eigenvalue weighted by Crippen LogP contribution is -2.65. The molecule has 2 fully saturated rings. The summed E-state index contributed by atoms with van der Waals surface area (Å²) in [6.45, 7) is 2.52.